The molecule has 0 fully saturated rings. The highest BCUT2D eigenvalue weighted by Crippen LogP contribution is 2.07. The lowest BCUT2D eigenvalue weighted by Crippen LogP contribution is -2.20. The van der Waals surface area contributed by atoms with E-state index < -0.39 is 0 Å². The Morgan fingerprint density at radius 1 is 1.60 bits per heavy atom. The Kier molecular flexibility index (Phi) is 6.06. The Morgan fingerprint density at radius 3 is 2.60 bits per heavy atom. The van der Waals surface area contributed by atoms with Crippen molar-refractivity contribution in [2.24, 2.45) is 11.7 Å². The normalized spacial score (nSPS) is 13.0. The van der Waals surface area contributed by atoms with Crippen molar-refractivity contribution in [2.45, 2.75) is 26.2 Å². The van der Waals surface area contributed by atoms with E-state index in [2.05, 4.69) is 22.6 Å². The van der Waals surface area contributed by atoms with E-state index in [-0.39, 0.29) is 11.8 Å². The lowest BCUT2D eigenvalue weighted by Gasteiger charge is -2.04. The molecule has 0 radical (unpaired) electrons. The van der Waals surface area contributed by atoms with E-state index in [0.29, 0.717) is 0 Å². The van der Waals surface area contributed by atoms with E-state index in [9.17, 15) is 4.79 Å². The number of rotatable bonds is 5. The molecular formula is C7H14INO. The quantitative estimate of drug-likeness (QED) is 0.453. The molecule has 0 aromatic rings. The zero-order valence-electron chi connectivity index (χ0n) is 6.27. The van der Waals surface area contributed by atoms with E-state index in [1.54, 1.807) is 0 Å². The maximum Gasteiger partial charge on any atom is 0.220 e. The number of amides is 1. The second kappa shape index (κ2) is 5.95. The average molecular weight is 255 g/mol. The summed E-state index contributed by atoms with van der Waals surface area (Å²) < 4.78 is 1.17. The number of unbranched alkanes of at least 4 members (excludes halogenated alkanes) is 1. The highest BCUT2D eigenvalue weighted by molar-refractivity contribution is 14.1. The molecule has 0 saturated carbocycles. The maximum atomic E-state index is 10.5. The zero-order chi connectivity index (χ0) is 7.98. The highest BCUT2D eigenvalue weighted by Gasteiger charge is 2.06. The molecule has 60 valence electrons. The van der Waals surface area contributed by atoms with Gasteiger partial charge in [0.05, 0.1) is 0 Å². The van der Waals surface area contributed by atoms with Crippen LogP contribution in [0.25, 0.3) is 0 Å². The summed E-state index contributed by atoms with van der Waals surface area (Å²) in [5.41, 5.74) is 5.08. The molecule has 0 heterocycles. The van der Waals surface area contributed by atoms with Crippen LogP contribution in [0.15, 0.2) is 0 Å². The third kappa shape index (κ3) is 5.02. The first-order valence-corrected chi connectivity index (χ1v) is 5.06. The Hall–Kier alpha value is 0.200. The molecule has 0 aromatic heterocycles. The first-order valence-electron chi connectivity index (χ1n) is 3.53. The monoisotopic (exact) mass is 255 g/mol. The largest absolute Gasteiger partial charge is 0.369 e. The second-order valence-corrected chi connectivity index (χ2v) is 3.57. The van der Waals surface area contributed by atoms with Crippen LogP contribution in [0.2, 0.25) is 0 Å². The van der Waals surface area contributed by atoms with Gasteiger partial charge in [0.1, 0.15) is 0 Å². The van der Waals surface area contributed by atoms with Crippen LogP contribution in [-0.4, -0.2) is 10.3 Å². The van der Waals surface area contributed by atoms with Gasteiger partial charge >= 0.3 is 0 Å². The predicted molar refractivity (Wildman–Crippen MR) is 51.1 cm³/mol. The van der Waals surface area contributed by atoms with Gasteiger partial charge in [0.25, 0.3) is 0 Å². The van der Waals surface area contributed by atoms with Gasteiger partial charge in [-0.05, 0) is 17.3 Å². The van der Waals surface area contributed by atoms with E-state index in [4.69, 9.17) is 5.73 Å². The van der Waals surface area contributed by atoms with Crippen molar-refractivity contribution in [1.29, 1.82) is 0 Å². The third-order valence-electron chi connectivity index (χ3n) is 1.51. The Labute approximate surface area is 75.7 Å². The number of carbonyl (C=O) groups excluding carboxylic acids is 1. The molecule has 0 spiro atoms. The molecule has 1 atom stereocenters. The van der Waals surface area contributed by atoms with Gasteiger partial charge in [-0.3, -0.25) is 4.79 Å². The minimum atomic E-state index is -0.173. The number of halogens is 1. The van der Waals surface area contributed by atoms with Crippen molar-refractivity contribution in [3.63, 3.8) is 0 Å². The number of hydrogen-bond donors (Lipinski definition) is 1. The van der Waals surface area contributed by atoms with Crippen LogP contribution in [0.4, 0.5) is 0 Å². The molecule has 0 saturated heterocycles. The molecule has 0 aromatic carbocycles. The minimum Gasteiger partial charge on any atom is -0.369 e. The molecule has 0 aliphatic carbocycles. The van der Waals surface area contributed by atoms with E-state index in [0.717, 1.165) is 12.8 Å². The third-order valence-corrected chi connectivity index (χ3v) is 2.27. The second-order valence-electron chi connectivity index (χ2n) is 2.49. The molecule has 10 heavy (non-hydrogen) atoms. The molecule has 0 aliphatic rings. The van der Waals surface area contributed by atoms with Crippen LogP contribution >= 0.6 is 22.6 Å². The lowest BCUT2D eigenvalue weighted by atomic mass is 10.0. The predicted octanol–water partition coefficient (Wildman–Crippen LogP) is 1.71. The van der Waals surface area contributed by atoms with Crippen molar-refractivity contribution in [3.05, 3.63) is 0 Å². The van der Waals surface area contributed by atoms with Crippen LogP contribution in [-0.2, 0) is 4.79 Å². The Morgan fingerprint density at radius 2 is 2.20 bits per heavy atom. The molecule has 0 aliphatic heterocycles. The molecule has 2 N–H and O–H groups in total. The molecule has 2 nitrogen and oxygen atoms in total. The standard InChI is InChI=1S/C7H14INO/c1-6(7(9)10)4-2-3-5-8/h6H,2-5H2,1H3,(H2,9,10). The van der Waals surface area contributed by atoms with E-state index in [1.165, 1.54) is 10.8 Å². The fourth-order valence-electron chi connectivity index (χ4n) is 0.687. The van der Waals surface area contributed by atoms with Gasteiger partial charge in [0.2, 0.25) is 5.91 Å². The highest BCUT2D eigenvalue weighted by atomic mass is 127. The lowest BCUT2D eigenvalue weighted by molar-refractivity contribution is -0.121. The van der Waals surface area contributed by atoms with Crippen LogP contribution in [0, 0.1) is 5.92 Å². The van der Waals surface area contributed by atoms with Gasteiger partial charge in [-0.15, -0.1) is 0 Å². The van der Waals surface area contributed by atoms with Crippen LogP contribution < -0.4 is 5.73 Å². The summed E-state index contributed by atoms with van der Waals surface area (Å²) in [6.07, 6.45) is 3.25. The summed E-state index contributed by atoms with van der Waals surface area (Å²) in [6.45, 7) is 1.88. The van der Waals surface area contributed by atoms with Gasteiger partial charge in [-0.2, -0.15) is 0 Å². The number of primary amides is 1. The molecule has 3 heteroatoms. The molecule has 0 rings (SSSR count). The van der Waals surface area contributed by atoms with Gasteiger partial charge < -0.3 is 5.73 Å². The van der Waals surface area contributed by atoms with Crippen molar-refractivity contribution in [3.8, 4) is 0 Å². The van der Waals surface area contributed by atoms with Gasteiger partial charge in [0, 0.05) is 5.92 Å². The molecule has 1 amide bonds. The van der Waals surface area contributed by atoms with Gasteiger partial charge in [0.15, 0.2) is 0 Å². The van der Waals surface area contributed by atoms with Crippen LogP contribution in [0.5, 0.6) is 0 Å². The first kappa shape index (κ1) is 10.2. The van der Waals surface area contributed by atoms with Crippen LogP contribution in [0.1, 0.15) is 26.2 Å². The maximum absolute atomic E-state index is 10.5. The first-order chi connectivity index (χ1) is 4.68. The molecule has 1 unspecified atom stereocenters. The molecular weight excluding hydrogens is 241 g/mol. The summed E-state index contributed by atoms with van der Waals surface area (Å²) in [4.78, 5) is 10.5. The summed E-state index contributed by atoms with van der Waals surface area (Å²) in [7, 11) is 0. The fraction of sp³-hybridized carbons (Fsp3) is 0.857. The average Bonchev–Trinajstić information content (AvgIpc) is 1.88. The van der Waals surface area contributed by atoms with Crippen molar-refractivity contribution in [2.75, 3.05) is 4.43 Å². The van der Waals surface area contributed by atoms with Gasteiger partial charge in [-0.25, -0.2) is 0 Å². The van der Waals surface area contributed by atoms with Crippen molar-refractivity contribution < 1.29 is 4.79 Å². The van der Waals surface area contributed by atoms with E-state index >= 15 is 0 Å². The number of carbonyl (C=O) groups is 1. The topological polar surface area (TPSA) is 43.1 Å². The van der Waals surface area contributed by atoms with Crippen molar-refractivity contribution in [1.82, 2.24) is 0 Å². The number of nitrogens with two attached hydrogens (primary N) is 1. The van der Waals surface area contributed by atoms with Crippen molar-refractivity contribution >= 4 is 28.5 Å². The number of hydrogen-bond acceptors (Lipinski definition) is 1. The number of alkyl halides is 1. The van der Waals surface area contributed by atoms with Gasteiger partial charge in [-0.1, -0.05) is 35.9 Å². The Balaban J connectivity index is 3.21. The summed E-state index contributed by atoms with van der Waals surface area (Å²) in [5, 5.41) is 0. The summed E-state index contributed by atoms with van der Waals surface area (Å²) >= 11 is 2.34. The fourth-order valence-corrected chi connectivity index (χ4v) is 1.23. The zero-order valence-corrected chi connectivity index (χ0v) is 8.43. The van der Waals surface area contributed by atoms with E-state index in [1.807, 2.05) is 6.92 Å². The summed E-state index contributed by atoms with van der Waals surface area (Å²) in [6, 6.07) is 0. The Bertz CT molecular complexity index is 106. The minimum absolute atomic E-state index is 0.0583. The van der Waals surface area contributed by atoms with Crippen LogP contribution in [0.3, 0.4) is 0 Å². The smallest absolute Gasteiger partial charge is 0.220 e. The summed E-state index contributed by atoms with van der Waals surface area (Å²) in [5.74, 6) is -0.114. The molecule has 0 bridgehead atoms. The SMILES string of the molecule is CC(CCCCI)C(N)=O.